The van der Waals surface area contributed by atoms with Gasteiger partial charge in [0.25, 0.3) is 0 Å². The minimum absolute atomic E-state index is 0.315. The molecule has 0 saturated carbocycles. The molecule has 0 fully saturated rings. The predicted molar refractivity (Wildman–Crippen MR) is 115 cm³/mol. The maximum Gasteiger partial charge on any atom is 0.0722 e. The molecule has 0 bridgehead atoms. The second-order valence-corrected chi connectivity index (χ2v) is 9.70. The molecular formula is C24H27NS. The van der Waals surface area contributed by atoms with E-state index in [0.717, 1.165) is 19.4 Å². The van der Waals surface area contributed by atoms with Gasteiger partial charge in [0.1, 0.15) is 0 Å². The number of hydrogen-bond donors (Lipinski definition) is 0. The molecule has 3 aromatic rings. The molecule has 0 atom stereocenters. The highest BCUT2D eigenvalue weighted by atomic mass is 32.1. The molecule has 1 aromatic heterocycles. The van der Waals surface area contributed by atoms with Gasteiger partial charge in [-0.1, -0.05) is 50.1 Å². The fourth-order valence-corrected chi connectivity index (χ4v) is 5.26. The number of aliphatic imine (C=N–C) groups is 1. The zero-order valence-electron chi connectivity index (χ0n) is 16.4. The molecule has 0 amide bonds. The van der Waals surface area contributed by atoms with Crippen molar-refractivity contribution in [1.82, 2.24) is 0 Å². The van der Waals surface area contributed by atoms with E-state index < -0.39 is 0 Å². The van der Waals surface area contributed by atoms with Crippen LogP contribution in [0.5, 0.6) is 0 Å². The number of rotatable bonds is 2. The number of nitrogens with zero attached hydrogens (tertiary/aromatic N) is 1. The van der Waals surface area contributed by atoms with Gasteiger partial charge < -0.3 is 0 Å². The summed E-state index contributed by atoms with van der Waals surface area (Å²) in [6.07, 6.45) is 2.18. The monoisotopic (exact) mass is 361 g/mol. The molecule has 0 saturated heterocycles. The van der Waals surface area contributed by atoms with Crippen LogP contribution in [0.2, 0.25) is 0 Å². The van der Waals surface area contributed by atoms with Crippen LogP contribution in [-0.4, -0.2) is 12.3 Å². The van der Waals surface area contributed by atoms with Gasteiger partial charge in [-0.05, 0) is 66.1 Å². The molecule has 1 nitrogen and oxygen atoms in total. The molecule has 0 unspecified atom stereocenters. The van der Waals surface area contributed by atoms with E-state index in [-0.39, 0.29) is 0 Å². The average Bonchev–Trinajstić information content (AvgIpc) is 2.95. The third kappa shape index (κ3) is 3.23. The Morgan fingerprint density at radius 3 is 2.46 bits per heavy atom. The zero-order chi connectivity index (χ0) is 18.5. The Balaban J connectivity index is 1.84. The van der Waals surface area contributed by atoms with Gasteiger partial charge in [0.2, 0.25) is 0 Å². The summed E-state index contributed by atoms with van der Waals surface area (Å²) >= 11 is 1.92. The Labute approximate surface area is 160 Å². The van der Waals surface area contributed by atoms with Crippen LogP contribution in [0.15, 0.2) is 40.7 Å². The Morgan fingerprint density at radius 1 is 1.04 bits per heavy atom. The van der Waals surface area contributed by atoms with Gasteiger partial charge in [-0.3, -0.25) is 4.99 Å². The Kier molecular flexibility index (Phi) is 4.27. The minimum Gasteiger partial charge on any atom is -0.284 e. The summed E-state index contributed by atoms with van der Waals surface area (Å²) in [4.78, 5) is 4.92. The maximum atomic E-state index is 4.92. The molecule has 2 aromatic carbocycles. The molecule has 1 aliphatic heterocycles. The van der Waals surface area contributed by atoms with Crippen LogP contribution in [0.25, 0.3) is 10.1 Å². The lowest BCUT2D eigenvalue weighted by Gasteiger charge is -2.20. The molecule has 1 aliphatic rings. The first-order valence-corrected chi connectivity index (χ1v) is 10.4. The number of thiophene rings is 1. The highest BCUT2D eigenvalue weighted by Crippen LogP contribution is 2.36. The van der Waals surface area contributed by atoms with Crippen LogP contribution >= 0.6 is 11.3 Å². The largest absolute Gasteiger partial charge is 0.284 e. The van der Waals surface area contributed by atoms with Crippen molar-refractivity contribution in [3.05, 3.63) is 69.1 Å². The van der Waals surface area contributed by atoms with E-state index in [9.17, 15) is 0 Å². The van der Waals surface area contributed by atoms with Gasteiger partial charge >= 0.3 is 0 Å². The second-order valence-electron chi connectivity index (χ2n) is 8.82. The maximum absolute atomic E-state index is 4.92. The molecule has 0 N–H and O–H groups in total. The quantitative estimate of drug-likeness (QED) is 0.494. The number of aryl methyl sites for hydroxylation is 2. The van der Waals surface area contributed by atoms with E-state index in [4.69, 9.17) is 4.99 Å². The number of hydrogen-bond acceptors (Lipinski definition) is 2. The standard InChI is InChI=1S/C24H27NS/c1-15-10-16(2)12-17(11-15)22-20-7-6-19-18(13-24(3,4)5)14-26-23(19)21(20)8-9-25-22/h6-7,10-12,14H,8-9,13H2,1-5H3. The molecule has 2 heteroatoms. The normalized spacial score (nSPS) is 14.4. The SMILES string of the molecule is Cc1cc(C)cc(C2=NCCc3c2ccc2c(CC(C)(C)C)csc32)c1. The fraction of sp³-hybridized carbons (Fsp3) is 0.375. The first-order chi connectivity index (χ1) is 12.3. The lowest BCUT2D eigenvalue weighted by molar-refractivity contribution is 0.413. The first-order valence-electron chi connectivity index (χ1n) is 9.47. The molecule has 26 heavy (non-hydrogen) atoms. The lowest BCUT2D eigenvalue weighted by Crippen LogP contribution is -2.15. The van der Waals surface area contributed by atoms with E-state index in [1.54, 1.807) is 0 Å². The summed E-state index contributed by atoms with van der Waals surface area (Å²) in [5.41, 5.74) is 9.68. The van der Waals surface area contributed by atoms with Crippen molar-refractivity contribution in [3.8, 4) is 0 Å². The summed E-state index contributed by atoms with van der Waals surface area (Å²) < 4.78 is 1.47. The van der Waals surface area contributed by atoms with Crippen LogP contribution in [-0.2, 0) is 12.8 Å². The Morgan fingerprint density at radius 2 is 1.77 bits per heavy atom. The summed E-state index contributed by atoms with van der Waals surface area (Å²) in [5.74, 6) is 0. The van der Waals surface area contributed by atoms with E-state index in [2.05, 4.69) is 70.3 Å². The van der Waals surface area contributed by atoms with E-state index in [1.165, 1.54) is 49.2 Å². The van der Waals surface area contributed by atoms with E-state index in [1.807, 2.05) is 11.3 Å². The van der Waals surface area contributed by atoms with Gasteiger partial charge in [-0.25, -0.2) is 0 Å². The Hall–Kier alpha value is -1.93. The topological polar surface area (TPSA) is 12.4 Å². The molecule has 134 valence electrons. The summed E-state index contributed by atoms with van der Waals surface area (Å²) in [6.45, 7) is 12.2. The van der Waals surface area contributed by atoms with Gasteiger partial charge in [0.05, 0.1) is 5.71 Å². The van der Waals surface area contributed by atoms with Gasteiger partial charge in [0.15, 0.2) is 0 Å². The van der Waals surface area contributed by atoms with Crippen LogP contribution in [0.1, 0.15) is 54.2 Å². The van der Waals surface area contributed by atoms with E-state index in [0.29, 0.717) is 5.41 Å². The highest BCUT2D eigenvalue weighted by Gasteiger charge is 2.21. The Bertz CT molecular complexity index is 994. The second kappa shape index (κ2) is 6.35. The lowest BCUT2D eigenvalue weighted by atomic mass is 9.86. The molecule has 2 heterocycles. The number of benzene rings is 2. The van der Waals surface area contributed by atoms with Gasteiger partial charge in [0, 0.05) is 22.4 Å². The van der Waals surface area contributed by atoms with E-state index >= 15 is 0 Å². The van der Waals surface area contributed by atoms with Crippen LogP contribution in [0.4, 0.5) is 0 Å². The molecule has 4 rings (SSSR count). The van der Waals surface area contributed by atoms with Gasteiger partial charge in [-0.2, -0.15) is 0 Å². The third-order valence-electron chi connectivity index (χ3n) is 5.03. The summed E-state index contributed by atoms with van der Waals surface area (Å²) in [6, 6.07) is 11.4. The van der Waals surface area contributed by atoms with Crippen molar-refractivity contribution in [3.63, 3.8) is 0 Å². The van der Waals surface area contributed by atoms with Crippen molar-refractivity contribution >= 4 is 27.1 Å². The molecule has 0 spiro atoms. The smallest absolute Gasteiger partial charge is 0.0722 e. The van der Waals surface area contributed by atoms with Crippen molar-refractivity contribution in [1.29, 1.82) is 0 Å². The van der Waals surface area contributed by atoms with Crippen molar-refractivity contribution in [2.24, 2.45) is 10.4 Å². The molecule has 0 aliphatic carbocycles. The van der Waals surface area contributed by atoms with Crippen molar-refractivity contribution in [2.45, 2.75) is 47.5 Å². The van der Waals surface area contributed by atoms with Crippen molar-refractivity contribution < 1.29 is 0 Å². The van der Waals surface area contributed by atoms with Crippen LogP contribution in [0, 0.1) is 19.3 Å². The average molecular weight is 362 g/mol. The van der Waals surface area contributed by atoms with Gasteiger partial charge in [-0.15, -0.1) is 11.3 Å². The number of fused-ring (bicyclic) bond motifs is 3. The fourth-order valence-electron chi connectivity index (χ4n) is 4.11. The summed E-state index contributed by atoms with van der Waals surface area (Å²) in [7, 11) is 0. The third-order valence-corrected chi connectivity index (χ3v) is 6.13. The van der Waals surface area contributed by atoms with Crippen LogP contribution < -0.4 is 0 Å². The van der Waals surface area contributed by atoms with Crippen molar-refractivity contribution in [2.75, 3.05) is 6.54 Å². The minimum atomic E-state index is 0.315. The highest BCUT2D eigenvalue weighted by molar-refractivity contribution is 7.17. The molecular weight excluding hydrogens is 334 g/mol. The predicted octanol–water partition coefficient (Wildman–Crippen LogP) is 6.50. The van der Waals surface area contributed by atoms with Crippen LogP contribution in [0.3, 0.4) is 0 Å². The molecule has 0 radical (unpaired) electrons. The zero-order valence-corrected chi connectivity index (χ0v) is 17.3. The first kappa shape index (κ1) is 17.5. The summed E-state index contributed by atoms with van der Waals surface area (Å²) in [5, 5.41) is 3.82.